The van der Waals surface area contributed by atoms with Gasteiger partial charge in [0.15, 0.2) is 0 Å². The molecule has 2 aliphatic rings. The number of furan rings is 1. The number of benzene rings is 1. The quantitative estimate of drug-likeness (QED) is 0.666. The number of aliphatic carboxylic acids is 1. The highest BCUT2D eigenvalue weighted by Crippen LogP contribution is 2.32. The molecule has 0 saturated carbocycles. The van der Waals surface area contributed by atoms with E-state index in [1.807, 2.05) is 0 Å². The van der Waals surface area contributed by atoms with Gasteiger partial charge in [0.05, 0.1) is 29.2 Å². The summed E-state index contributed by atoms with van der Waals surface area (Å²) in [6.07, 6.45) is 1.83. The Labute approximate surface area is 175 Å². The van der Waals surface area contributed by atoms with E-state index in [9.17, 15) is 24.3 Å². The second-order valence-corrected chi connectivity index (χ2v) is 8.05. The number of thioether (sulfide) groups is 1. The number of carboxylic acid groups (broad SMARTS) is 1. The van der Waals surface area contributed by atoms with Crippen LogP contribution in [0.2, 0.25) is 0 Å². The molecule has 1 aromatic heterocycles. The summed E-state index contributed by atoms with van der Waals surface area (Å²) >= 11 is 0.931. The van der Waals surface area contributed by atoms with E-state index in [2.05, 4.69) is 10.6 Å². The minimum absolute atomic E-state index is 0.0371. The van der Waals surface area contributed by atoms with Crippen molar-refractivity contribution >= 4 is 41.1 Å². The lowest BCUT2D eigenvalue weighted by atomic mass is 10.1. The highest BCUT2D eigenvalue weighted by atomic mass is 32.2. The molecule has 3 amide bonds. The molecule has 0 spiro atoms. The van der Waals surface area contributed by atoms with Crippen LogP contribution < -0.4 is 15.7 Å². The number of nitrogens with zero attached hydrogens (tertiary/aromatic N) is 1. The molecule has 1 aromatic carbocycles. The summed E-state index contributed by atoms with van der Waals surface area (Å²) in [4.78, 5) is 49.8. The Kier molecular flexibility index (Phi) is 5.49. The van der Waals surface area contributed by atoms with E-state index >= 15 is 0 Å². The van der Waals surface area contributed by atoms with Gasteiger partial charge in [0.1, 0.15) is 11.8 Å². The second-order valence-electron chi connectivity index (χ2n) is 7.07. The van der Waals surface area contributed by atoms with Crippen molar-refractivity contribution in [3.8, 4) is 11.3 Å². The fraction of sp³-hybridized carbons (Fsp3) is 0.300. The molecule has 30 heavy (non-hydrogen) atoms. The van der Waals surface area contributed by atoms with Gasteiger partial charge < -0.3 is 29.9 Å². The summed E-state index contributed by atoms with van der Waals surface area (Å²) in [5.41, 5.74) is 1.51. The van der Waals surface area contributed by atoms with Gasteiger partial charge in [-0.2, -0.15) is 0 Å². The van der Waals surface area contributed by atoms with Crippen molar-refractivity contribution in [2.75, 3.05) is 23.4 Å². The molecular formula is C20H18N3O6S-. The molecule has 2 aromatic rings. The van der Waals surface area contributed by atoms with Crippen molar-refractivity contribution < 1.29 is 28.7 Å². The Hall–Kier alpha value is -3.27. The van der Waals surface area contributed by atoms with Gasteiger partial charge in [0, 0.05) is 23.9 Å². The SMILES string of the molecule is O=C([O-])CSCC(=O)N[C@H]1C[C@H]2C(=O)Nc3ccc(-c4ccco4)cc3C(=O)N2C1. The first kappa shape index (κ1) is 20.0. The predicted octanol–water partition coefficient (Wildman–Crippen LogP) is 0.0811. The fourth-order valence-corrected chi connectivity index (χ4v) is 4.24. The Morgan fingerprint density at radius 1 is 1.27 bits per heavy atom. The van der Waals surface area contributed by atoms with Crippen molar-refractivity contribution in [1.82, 2.24) is 10.2 Å². The molecule has 9 nitrogen and oxygen atoms in total. The molecule has 1 saturated heterocycles. The number of carbonyl (C=O) groups is 4. The zero-order chi connectivity index (χ0) is 21.3. The highest BCUT2D eigenvalue weighted by molar-refractivity contribution is 8.00. The van der Waals surface area contributed by atoms with Crippen LogP contribution in [0, 0.1) is 0 Å². The summed E-state index contributed by atoms with van der Waals surface area (Å²) in [6, 6.07) is 7.58. The fourth-order valence-electron chi connectivity index (χ4n) is 3.71. The molecule has 0 bridgehead atoms. The normalized spacial score (nSPS) is 20.2. The monoisotopic (exact) mass is 428 g/mol. The average Bonchev–Trinajstić information content (AvgIpc) is 3.36. The molecule has 156 valence electrons. The molecule has 2 atom stereocenters. The Morgan fingerprint density at radius 2 is 2.10 bits per heavy atom. The van der Waals surface area contributed by atoms with Gasteiger partial charge in [-0.05, 0) is 36.8 Å². The molecular weight excluding hydrogens is 410 g/mol. The van der Waals surface area contributed by atoms with Crippen molar-refractivity contribution in [1.29, 1.82) is 0 Å². The molecule has 1 fully saturated rings. The maximum absolute atomic E-state index is 13.2. The number of amides is 3. The largest absolute Gasteiger partial charge is 0.549 e. The van der Waals surface area contributed by atoms with Crippen LogP contribution in [0.25, 0.3) is 11.3 Å². The number of rotatable bonds is 6. The predicted molar refractivity (Wildman–Crippen MR) is 106 cm³/mol. The zero-order valence-corrected chi connectivity index (χ0v) is 16.6. The van der Waals surface area contributed by atoms with Crippen LogP contribution in [0.3, 0.4) is 0 Å². The van der Waals surface area contributed by atoms with Gasteiger partial charge in [0.25, 0.3) is 5.91 Å². The van der Waals surface area contributed by atoms with Gasteiger partial charge in [-0.3, -0.25) is 14.4 Å². The van der Waals surface area contributed by atoms with Crippen LogP contribution in [-0.4, -0.2) is 58.7 Å². The maximum Gasteiger partial charge on any atom is 0.256 e. The van der Waals surface area contributed by atoms with Crippen molar-refractivity contribution in [3.05, 3.63) is 42.2 Å². The number of anilines is 1. The Morgan fingerprint density at radius 3 is 2.83 bits per heavy atom. The van der Waals surface area contributed by atoms with Crippen LogP contribution in [-0.2, 0) is 14.4 Å². The second kappa shape index (κ2) is 8.23. The van der Waals surface area contributed by atoms with Crippen molar-refractivity contribution in [2.45, 2.75) is 18.5 Å². The van der Waals surface area contributed by atoms with E-state index in [-0.39, 0.29) is 42.2 Å². The number of carbonyl (C=O) groups excluding carboxylic acids is 4. The highest BCUT2D eigenvalue weighted by Gasteiger charge is 2.43. The minimum atomic E-state index is -1.24. The first-order chi connectivity index (χ1) is 14.4. The van der Waals surface area contributed by atoms with Gasteiger partial charge in [0.2, 0.25) is 11.8 Å². The van der Waals surface area contributed by atoms with Gasteiger partial charge in [-0.1, -0.05) is 0 Å². The summed E-state index contributed by atoms with van der Waals surface area (Å²) in [5, 5.41) is 16.0. The molecule has 2 N–H and O–H groups in total. The van der Waals surface area contributed by atoms with Crippen LogP contribution in [0.5, 0.6) is 0 Å². The van der Waals surface area contributed by atoms with Crippen LogP contribution in [0.1, 0.15) is 16.8 Å². The third-order valence-electron chi connectivity index (χ3n) is 5.00. The van der Waals surface area contributed by atoms with Crippen molar-refractivity contribution in [3.63, 3.8) is 0 Å². The molecule has 3 heterocycles. The summed E-state index contributed by atoms with van der Waals surface area (Å²) in [5.74, 6) is -1.90. The molecule has 4 rings (SSSR count). The first-order valence-electron chi connectivity index (χ1n) is 9.29. The van der Waals surface area contributed by atoms with Gasteiger partial charge in [-0.25, -0.2) is 0 Å². The molecule has 0 aliphatic carbocycles. The number of hydrogen-bond donors (Lipinski definition) is 2. The first-order valence-corrected chi connectivity index (χ1v) is 10.4. The summed E-state index contributed by atoms with van der Waals surface area (Å²) in [7, 11) is 0. The van der Waals surface area contributed by atoms with E-state index in [0.29, 0.717) is 22.6 Å². The number of nitrogens with one attached hydrogen (secondary N) is 2. The van der Waals surface area contributed by atoms with Crippen LogP contribution in [0.15, 0.2) is 41.0 Å². The van der Waals surface area contributed by atoms with E-state index in [4.69, 9.17) is 4.42 Å². The van der Waals surface area contributed by atoms with E-state index in [1.165, 1.54) is 4.90 Å². The smallest absolute Gasteiger partial charge is 0.256 e. The summed E-state index contributed by atoms with van der Waals surface area (Å²) in [6.45, 7) is 0.193. The third kappa shape index (κ3) is 4.04. The van der Waals surface area contributed by atoms with E-state index in [1.54, 1.807) is 36.6 Å². The van der Waals surface area contributed by atoms with E-state index < -0.39 is 18.1 Å². The Balaban J connectivity index is 1.49. The van der Waals surface area contributed by atoms with Crippen LogP contribution >= 0.6 is 11.8 Å². The molecule has 0 unspecified atom stereocenters. The molecule has 2 aliphatic heterocycles. The van der Waals surface area contributed by atoms with Gasteiger partial charge in [-0.15, -0.1) is 11.8 Å². The number of hydrogen-bond acceptors (Lipinski definition) is 7. The Bertz CT molecular complexity index is 1010. The molecule has 0 radical (unpaired) electrons. The van der Waals surface area contributed by atoms with Crippen molar-refractivity contribution in [2.24, 2.45) is 0 Å². The van der Waals surface area contributed by atoms with Gasteiger partial charge >= 0.3 is 0 Å². The zero-order valence-electron chi connectivity index (χ0n) is 15.8. The average molecular weight is 428 g/mol. The number of carboxylic acids is 1. The van der Waals surface area contributed by atoms with E-state index in [0.717, 1.165) is 11.8 Å². The lowest BCUT2D eigenvalue weighted by Gasteiger charge is -2.20. The molecule has 10 heteroatoms. The standard InChI is InChI=1S/C20H19N3O6S/c24-17(9-30-10-18(25)26)21-12-7-15-19(27)22-14-4-3-11(16-2-1-5-29-16)6-13(14)20(28)23(15)8-12/h1-6,12,15H,7-10H2,(H,21,24)(H,22,27)(H,25,26)/p-1/t12-,15-/m0/s1. The number of fused-ring (bicyclic) bond motifs is 2. The lowest BCUT2D eigenvalue weighted by molar-refractivity contribution is -0.301. The summed E-state index contributed by atoms with van der Waals surface area (Å²) < 4.78 is 5.39. The topological polar surface area (TPSA) is 132 Å². The lowest BCUT2D eigenvalue weighted by Crippen LogP contribution is -2.41. The third-order valence-corrected chi connectivity index (χ3v) is 5.90. The minimum Gasteiger partial charge on any atom is -0.549 e. The van der Waals surface area contributed by atoms with Crippen LogP contribution in [0.4, 0.5) is 5.69 Å². The maximum atomic E-state index is 13.2.